The minimum Gasteiger partial charge on any atom is -0.357 e. The molecule has 1 aliphatic heterocycles. The molecule has 1 fully saturated rings. The molecule has 4 rings (SSSR count). The van der Waals surface area contributed by atoms with Gasteiger partial charge in [-0.05, 0) is 56.1 Å². The van der Waals surface area contributed by atoms with Crippen molar-refractivity contribution in [2.24, 2.45) is 4.99 Å². The van der Waals surface area contributed by atoms with Crippen LogP contribution in [0.4, 0.5) is 0 Å². The molecule has 164 valence electrons. The molecule has 0 bridgehead atoms. The van der Waals surface area contributed by atoms with E-state index in [0.717, 1.165) is 48.9 Å². The third kappa shape index (κ3) is 6.31. The van der Waals surface area contributed by atoms with Crippen molar-refractivity contribution in [3.8, 4) is 0 Å². The highest BCUT2D eigenvalue weighted by molar-refractivity contribution is 5.79. The van der Waals surface area contributed by atoms with Gasteiger partial charge in [0.1, 0.15) is 5.82 Å². The molecule has 3 aromatic rings. The van der Waals surface area contributed by atoms with E-state index in [0.29, 0.717) is 6.54 Å². The van der Waals surface area contributed by atoms with E-state index in [-0.39, 0.29) is 0 Å². The van der Waals surface area contributed by atoms with Crippen LogP contribution in [0.15, 0.2) is 53.5 Å². The lowest BCUT2D eigenvalue weighted by Crippen LogP contribution is -2.38. The van der Waals surface area contributed by atoms with E-state index in [2.05, 4.69) is 62.8 Å². The topological polar surface area (TPSA) is 68.3 Å². The molecule has 0 atom stereocenters. The number of para-hydroxylation sites is 2. The second-order valence-corrected chi connectivity index (χ2v) is 8.23. The highest BCUT2D eigenvalue weighted by atomic mass is 15.2. The molecule has 0 unspecified atom stereocenters. The zero-order chi connectivity index (χ0) is 21.3. The molecule has 6 nitrogen and oxygen atoms in total. The number of hydrogen-bond acceptors (Lipinski definition) is 3. The lowest BCUT2D eigenvalue weighted by Gasteiger charge is -2.26. The lowest BCUT2D eigenvalue weighted by molar-refractivity contribution is 0.221. The molecule has 1 saturated heterocycles. The molecule has 1 aromatic heterocycles. The highest BCUT2D eigenvalue weighted by Gasteiger charge is 2.10. The number of aromatic nitrogens is 2. The van der Waals surface area contributed by atoms with Gasteiger partial charge in [-0.15, -0.1) is 0 Å². The average molecular weight is 419 g/mol. The summed E-state index contributed by atoms with van der Waals surface area (Å²) in [6.45, 7) is 7.91. The molecule has 1 aliphatic rings. The van der Waals surface area contributed by atoms with Crippen molar-refractivity contribution in [3.63, 3.8) is 0 Å². The van der Waals surface area contributed by atoms with Crippen molar-refractivity contribution in [1.82, 2.24) is 25.5 Å². The molecule has 0 radical (unpaired) electrons. The van der Waals surface area contributed by atoms with E-state index < -0.39 is 0 Å². The Kier molecular flexibility index (Phi) is 7.56. The maximum atomic E-state index is 4.76. The summed E-state index contributed by atoms with van der Waals surface area (Å²) in [5.41, 5.74) is 4.73. The number of rotatable bonds is 8. The van der Waals surface area contributed by atoms with Crippen LogP contribution in [0.2, 0.25) is 0 Å². The number of hydrogen-bond donors (Lipinski definition) is 3. The normalized spacial score (nSPS) is 15.3. The van der Waals surface area contributed by atoms with Crippen molar-refractivity contribution in [3.05, 3.63) is 65.5 Å². The molecule has 0 amide bonds. The first-order chi connectivity index (χ1) is 15.3. The first-order valence-electron chi connectivity index (χ1n) is 11.6. The smallest absolute Gasteiger partial charge is 0.191 e. The Morgan fingerprint density at radius 1 is 1.00 bits per heavy atom. The summed E-state index contributed by atoms with van der Waals surface area (Å²) in [7, 11) is 0. The largest absolute Gasteiger partial charge is 0.357 e. The number of H-pyrrole nitrogens is 1. The van der Waals surface area contributed by atoms with Crippen molar-refractivity contribution in [1.29, 1.82) is 0 Å². The number of likely N-dealkylation sites (tertiary alicyclic amines) is 1. The number of imidazole rings is 1. The van der Waals surface area contributed by atoms with E-state index in [4.69, 9.17) is 4.99 Å². The molecule has 0 spiro atoms. The van der Waals surface area contributed by atoms with Crippen LogP contribution in [0.1, 0.15) is 43.1 Å². The van der Waals surface area contributed by atoms with Gasteiger partial charge in [0.05, 0.1) is 17.6 Å². The summed E-state index contributed by atoms with van der Waals surface area (Å²) in [6, 6.07) is 17.1. The number of nitrogens with zero attached hydrogens (tertiary/aromatic N) is 3. The maximum Gasteiger partial charge on any atom is 0.191 e. The summed E-state index contributed by atoms with van der Waals surface area (Å²) in [5, 5.41) is 6.75. The quantitative estimate of drug-likeness (QED) is 0.384. The van der Waals surface area contributed by atoms with Gasteiger partial charge in [-0.3, -0.25) is 4.90 Å². The van der Waals surface area contributed by atoms with Crippen LogP contribution in [-0.4, -0.2) is 47.0 Å². The summed E-state index contributed by atoms with van der Waals surface area (Å²) in [6.07, 6.45) is 4.88. The molecular weight excluding hydrogens is 384 g/mol. The first kappa shape index (κ1) is 21.4. The van der Waals surface area contributed by atoms with Gasteiger partial charge < -0.3 is 15.6 Å². The second kappa shape index (κ2) is 11.0. The fraction of sp³-hybridized carbons (Fsp3) is 0.440. The Bertz CT molecular complexity index is 936. The molecule has 3 N–H and O–H groups in total. The third-order valence-electron chi connectivity index (χ3n) is 5.73. The molecular formula is C25H34N6. The predicted octanol–water partition coefficient (Wildman–Crippen LogP) is 3.85. The second-order valence-electron chi connectivity index (χ2n) is 8.23. The number of aromatic amines is 1. The standard InChI is InChI=1S/C25H34N6/c1-2-26-25(27-15-14-24-29-22-8-4-5-9-23(22)30-24)28-18-20-10-12-21(13-11-20)19-31-16-6-3-7-17-31/h4-5,8-13H,2-3,6-7,14-19H2,1H3,(H,29,30)(H2,26,27,28). The summed E-state index contributed by atoms with van der Waals surface area (Å²) < 4.78 is 0. The van der Waals surface area contributed by atoms with Gasteiger partial charge in [-0.2, -0.15) is 0 Å². The van der Waals surface area contributed by atoms with Gasteiger partial charge in [0.15, 0.2) is 5.96 Å². The van der Waals surface area contributed by atoms with E-state index >= 15 is 0 Å². The predicted molar refractivity (Wildman–Crippen MR) is 128 cm³/mol. The van der Waals surface area contributed by atoms with E-state index in [1.165, 1.54) is 43.5 Å². The van der Waals surface area contributed by atoms with Crippen LogP contribution in [0.5, 0.6) is 0 Å². The van der Waals surface area contributed by atoms with Gasteiger partial charge in [-0.1, -0.05) is 42.8 Å². The summed E-state index contributed by atoms with van der Waals surface area (Å²) in [5.74, 6) is 1.84. The number of fused-ring (bicyclic) bond motifs is 1. The monoisotopic (exact) mass is 418 g/mol. The van der Waals surface area contributed by atoms with E-state index in [1.807, 2.05) is 18.2 Å². The first-order valence-corrected chi connectivity index (χ1v) is 11.6. The Hall–Kier alpha value is -2.86. The SMILES string of the molecule is CCNC(=NCc1ccc(CN2CCCCC2)cc1)NCCc1nc2ccccc2[nH]1. The number of piperidine rings is 1. The number of nitrogens with one attached hydrogen (secondary N) is 3. The minimum absolute atomic E-state index is 0.671. The van der Waals surface area contributed by atoms with Gasteiger partial charge >= 0.3 is 0 Å². The lowest BCUT2D eigenvalue weighted by atomic mass is 10.1. The number of benzene rings is 2. The van der Waals surface area contributed by atoms with Gasteiger partial charge in [0.2, 0.25) is 0 Å². The third-order valence-corrected chi connectivity index (χ3v) is 5.73. The number of guanidine groups is 1. The zero-order valence-electron chi connectivity index (χ0n) is 18.5. The highest BCUT2D eigenvalue weighted by Crippen LogP contribution is 2.14. The Morgan fingerprint density at radius 2 is 1.77 bits per heavy atom. The van der Waals surface area contributed by atoms with E-state index in [1.54, 1.807) is 0 Å². The fourth-order valence-corrected chi connectivity index (χ4v) is 4.06. The van der Waals surface area contributed by atoms with Crippen molar-refractivity contribution >= 4 is 17.0 Å². The van der Waals surface area contributed by atoms with Crippen molar-refractivity contribution in [2.45, 2.75) is 45.7 Å². The minimum atomic E-state index is 0.671. The Labute approximate surface area is 185 Å². The number of aliphatic imine (C=N–C) groups is 1. The van der Waals surface area contributed by atoms with Crippen LogP contribution < -0.4 is 10.6 Å². The molecule has 6 heteroatoms. The van der Waals surface area contributed by atoms with Gasteiger partial charge in [0, 0.05) is 26.1 Å². The van der Waals surface area contributed by atoms with Crippen LogP contribution in [0.25, 0.3) is 11.0 Å². The van der Waals surface area contributed by atoms with Crippen LogP contribution in [0, 0.1) is 0 Å². The molecule has 0 aliphatic carbocycles. The Balaban J connectivity index is 1.27. The maximum absolute atomic E-state index is 4.76. The van der Waals surface area contributed by atoms with Crippen molar-refractivity contribution < 1.29 is 0 Å². The molecule has 0 saturated carbocycles. The van der Waals surface area contributed by atoms with E-state index in [9.17, 15) is 0 Å². The Morgan fingerprint density at radius 3 is 2.55 bits per heavy atom. The van der Waals surface area contributed by atoms with Crippen LogP contribution in [0.3, 0.4) is 0 Å². The zero-order valence-corrected chi connectivity index (χ0v) is 18.5. The van der Waals surface area contributed by atoms with Crippen molar-refractivity contribution in [2.75, 3.05) is 26.2 Å². The molecule has 2 aromatic carbocycles. The van der Waals surface area contributed by atoms with Crippen LogP contribution in [-0.2, 0) is 19.5 Å². The van der Waals surface area contributed by atoms with Gasteiger partial charge in [-0.25, -0.2) is 9.98 Å². The molecule has 2 heterocycles. The van der Waals surface area contributed by atoms with Gasteiger partial charge in [0.25, 0.3) is 0 Å². The summed E-state index contributed by atoms with van der Waals surface area (Å²) >= 11 is 0. The molecule has 31 heavy (non-hydrogen) atoms. The van der Waals surface area contributed by atoms with Crippen LogP contribution >= 0.6 is 0 Å². The summed E-state index contributed by atoms with van der Waals surface area (Å²) in [4.78, 5) is 15.3. The fourth-order valence-electron chi connectivity index (χ4n) is 4.06. The average Bonchev–Trinajstić information content (AvgIpc) is 3.22.